The Kier molecular flexibility index (Phi) is 3.65. The molecular weight excluding hydrogens is 232 g/mol. The third-order valence-corrected chi connectivity index (χ3v) is 3.42. The molecule has 1 aromatic carbocycles. The van der Waals surface area contributed by atoms with Crippen LogP contribution in [0.3, 0.4) is 0 Å². The smallest absolute Gasteiger partial charge is 0.303 e. The van der Waals surface area contributed by atoms with E-state index in [2.05, 4.69) is 0 Å². The average Bonchev–Trinajstić information content (AvgIpc) is 2.37. The maximum atomic E-state index is 12.2. The van der Waals surface area contributed by atoms with Gasteiger partial charge >= 0.3 is 5.97 Å². The minimum Gasteiger partial charge on any atom is -0.497 e. The zero-order chi connectivity index (χ0) is 13.1. The van der Waals surface area contributed by atoms with Crippen molar-refractivity contribution in [3.05, 3.63) is 29.3 Å². The van der Waals surface area contributed by atoms with Crippen molar-refractivity contribution < 1.29 is 19.4 Å². The lowest BCUT2D eigenvalue weighted by Crippen LogP contribution is -2.23. The molecule has 0 heterocycles. The van der Waals surface area contributed by atoms with Crippen LogP contribution in [0.5, 0.6) is 5.75 Å². The number of aryl methyl sites for hydroxylation is 1. The number of ketones is 1. The first-order valence-electron chi connectivity index (χ1n) is 6.04. The van der Waals surface area contributed by atoms with E-state index in [-0.39, 0.29) is 18.1 Å². The number of ether oxygens (including phenoxy) is 1. The molecule has 1 aliphatic rings. The Balaban J connectivity index is 2.18. The molecule has 1 N–H and O–H groups in total. The Hall–Kier alpha value is -1.84. The topological polar surface area (TPSA) is 63.6 Å². The highest BCUT2D eigenvalue weighted by atomic mass is 16.5. The number of hydrogen-bond acceptors (Lipinski definition) is 3. The van der Waals surface area contributed by atoms with E-state index in [0.29, 0.717) is 17.7 Å². The molecule has 0 aromatic heterocycles. The van der Waals surface area contributed by atoms with Gasteiger partial charge in [-0.15, -0.1) is 0 Å². The van der Waals surface area contributed by atoms with Crippen molar-refractivity contribution in [3.63, 3.8) is 0 Å². The fraction of sp³-hybridized carbons (Fsp3) is 0.429. The predicted molar refractivity (Wildman–Crippen MR) is 66.0 cm³/mol. The Bertz CT molecular complexity index is 479. The fourth-order valence-electron chi connectivity index (χ4n) is 2.38. The highest BCUT2D eigenvalue weighted by Gasteiger charge is 2.27. The van der Waals surface area contributed by atoms with Gasteiger partial charge in [0.2, 0.25) is 0 Å². The zero-order valence-electron chi connectivity index (χ0n) is 10.3. The number of carbonyl (C=O) groups excluding carboxylic acids is 1. The Morgan fingerprint density at radius 3 is 2.94 bits per heavy atom. The van der Waals surface area contributed by atoms with Crippen molar-refractivity contribution in [2.75, 3.05) is 7.11 Å². The normalized spacial score (nSPS) is 18.3. The standard InChI is InChI=1S/C14H16O4/c1-18-11-6-4-9-2-3-10(5-7-13(15)16)14(17)12(9)8-11/h4,6,8,10H,2-3,5,7H2,1H3,(H,15,16). The van der Waals surface area contributed by atoms with E-state index < -0.39 is 5.97 Å². The highest BCUT2D eigenvalue weighted by Crippen LogP contribution is 2.30. The van der Waals surface area contributed by atoms with E-state index >= 15 is 0 Å². The van der Waals surface area contributed by atoms with Crippen molar-refractivity contribution >= 4 is 11.8 Å². The minimum absolute atomic E-state index is 0.0513. The summed E-state index contributed by atoms with van der Waals surface area (Å²) in [5.41, 5.74) is 1.73. The van der Waals surface area contributed by atoms with E-state index in [1.165, 1.54) is 0 Å². The quantitative estimate of drug-likeness (QED) is 0.888. The molecule has 0 radical (unpaired) electrons. The van der Waals surface area contributed by atoms with Crippen LogP contribution >= 0.6 is 0 Å². The van der Waals surface area contributed by atoms with Crippen LogP contribution in [0, 0.1) is 5.92 Å². The summed E-state index contributed by atoms with van der Waals surface area (Å²) in [5, 5.41) is 8.68. The summed E-state index contributed by atoms with van der Waals surface area (Å²) in [6.45, 7) is 0. The van der Waals surface area contributed by atoms with Gasteiger partial charge in [-0.1, -0.05) is 6.07 Å². The van der Waals surface area contributed by atoms with Crippen LogP contribution in [0.2, 0.25) is 0 Å². The number of rotatable bonds is 4. The molecule has 4 heteroatoms. The first-order valence-corrected chi connectivity index (χ1v) is 6.04. The molecule has 0 saturated heterocycles. The number of benzene rings is 1. The summed E-state index contributed by atoms with van der Waals surface area (Å²) in [6, 6.07) is 5.52. The summed E-state index contributed by atoms with van der Waals surface area (Å²) >= 11 is 0. The number of fused-ring (bicyclic) bond motifs is 1. The molecule has 0 aliphatic heterocycles. The van der Waals surface area contributed by atoms with Gasteiger partial charge in [0.25, 0.3) is 0 Å². The van der Waals surface area contributed by atoms with Gasteiger partial charge in [-0.2, -0.15) is 0 Å². The molecule has 96 valence electrons. The van der Waals surface area contributed by atoms with E-state index in [1.807, 2.05) is 12.1 Å². The predicted octanol–water partition coefficient (Wildman–Crippen LogP) is 2.31. The molecule has 0 spiro atoms. The summed E-state index contributed by atoms with van der Waals surface area (Å²) in [5.74, 6) is -0.294. The molecule has 4 nitrogen and oxygen atoms in total. The molecule has 1 aromatic rings. The maximum Gasteiger partial charge on any atom is 0.303 e. The molecular formula is C14H16O4. The molecule has 1 aliphatic carbocycles. The summed E-state index contributed by atoms with van der Waals surface area (Å²) in [7, 11) is 1.57. The molecule has 2 rings (SSSR count). The molecule has 18 heavy (non-hydrogen) atoms. The van der Waals surface area contributed by atoms with Crippen LogP contribution in [0.1, 0.15) is 35.2 Å². The van der Waals surface area contributed by atoms with Crippen LogP contribution in [0.25, 0.3) is 0 Å². The average molecular weight is 248 g/mol. The van der Waals surface area contributed by atoms with E-state index in [9.17, 15) is 9.59 Å². The Morgan fingerprint density at radius 2 is 2.28 bits per heavy atom. The lowest BCUT2D eigenvalue weighted by Gasteiger charge is -2.23. The molecule has 0 bridgehead atoms. The first-order chi connectivity index (χ1) is 8.61. The Labute approximate surface area is 106 Å². The number of hydrogen-bond donors (Lipinski definition) is 1. The van der Waals surface area contributed by atoms with Crippen molar-refractivity contribution in [2.24, 2.45) is 5.92 Å². The van der Waals surface area contributed by atoms with Gasteiger partial charge in [-0.05, 0) is 37.0 Å². The van der Waals surface area contributed by atoms with Crippen LogP contribution < -0.4 is 4.74 Å². The maximum absolute atomic E-state index is 12.2. The van der Waals surface area contributed by atoms with Crippen molar-refractivity contribution in [1.82, 2.24) is 0 Å². The lowest BCUT2D eigenvalue weighted by atomic mass is 9.80. The van der Waals surface area contributed by atoms with E-state index in [0.717, 1.165) is 18.4 Å². The van der Waals surface area contributed by atoms with Gasteiger partial charge in [0.15, 0.2) is 5.78 Å². The third-order valence-electron chi connectivity index (χ3n) is 3.42. The molecule has 0 saturated carbocycles. The third kappa shape index (κ3) is 2.53. The number of methoxy groups -OCH3 is 1. The minimum atomic E-state index is -0.848. The SMILES string of the molecule is COc1ccc2c(c1)C(=O)C(CCC(=O)O)CC2. The van der Waals surface area contributed by atoms with Crippen LogP contribution in [-0.2, 0) is 11.2 Å². The van der Waals surface area contributed by atoms with Crippen molar-refractivity contribution in [2.45, 2.75) is 25.7 Å². The lowest BCUT2D eigenvalue weighted by molar-refractivity contribution is -0.137. The number of carboxylic acid groups (broad SMARTS) is 1. The van der Waals surface area contributed by atoms with Gasteiger partial charge in [0.1, 0.15) is 5.75 Å². The number of aliphatic carboxylic acids is 1. The fourth-order valence-corrected chi connectivity index (χ4v) is 2.38. The van der Waals surface area contributed by atoms with Crippen LogP contribution in [0.4, 0.5) is 0 Å². The number of carboxylic acids is 1. The zero-order valence-corrected chi connectivity index (χ0v) is 10.3. The van der Waals surface area contributed by atoms with E-state index in [4.69, 9.17) is 9.84 Å². The van der Waals surface area contributed by atoms with Crippen LogP contribution in [-0.4, -0.2) is 24.0 Å². The van der Waals surface area contributed by atoms with Crippen molar-refractivity contribution in [3.8, 4) is 5.75 Å². The van der Waals surface area contributed by atoms with Gasteiger partial charge in [0, 0.05) is 17.9 Å². The van der Waals surface area contributed by atoms with Gasteiger partial charge < -0.3 is 9.84 Å². The number of carbonyl (C=O) groups is 2. The second-order valence-electron chi connectivity index (χ2n) is 4.56. The second kappa shape index (κ2) is 5.21. The van der Waals surface area contributed by atoms with Crippen LogP contribution in [0.15, 0.2) is 18.2 Å². The molecule has 0 fully saturated rings. The van der Waals surface area contributed by atoms with Crippen molar-refractivity contribution in [1.29, 1.82) is 0 Å². The van der Waals surface area contributed by atoms with Gasteiger partial charge in [-0.25, -0.2) is 0 Å². The summed E-state index contributed by atoms with van der Waals surface area (Å²) < 4.78 is 5.12. The monoisotopic (exact) mass is 248 g/mol. The summed E-state index contributed by atoms with van der Waals surface area (Å²) in [6.07, 6.45) is 2.04. The van der Waals surface area contributed by atoms with Gasteiger partial charge in [-0.3, -0.25) is 9.59 Å². The Morgan fingerprint density at radius 1 is 1.50 bits per heavy atom. The highest BCUT2D eigenvalue weighted by molar-refractivity contribution is 6.00. The molecule has 1 unspecified atom stereocenters. The first kappa shape index (κ1) is 12.6. The number of Topliss-reactive ketones (excluding diaryl/α,β-unsaturated/α-hetero) is 1. The molecule has 1 atom stereocenters. The molecule has 0 amide bonds. The van der Waals surface area contributed by atoms with Gasteiger partial charge in [0.05, 0.1) is 7.11 Å². The largest absolute Gasteiger partial charge is 0.497 e. The summed E-state index contributed by atoms with van der Waals surface area (Å²) in [4.78, 5) is 22.8. The second-order valence-corrected chi connectivity index (χ2v) is 4.56. The van der Waals surface area contributed by atoms with E-state index in [1.54, 1.807) is 13.2 Å².